The first-order valence-electron chi connectivity index (χ1n) is 8.18. The normalized spacial score (nSPS) is 11.9. The van der Waals surface area contributed by atoms with Crippen LogP contribution in [0.3, 0.4) is 0 Å². The first-order chi connectivity index (χ1) is 13.0. The fraction of sp³-hybridized carbons (Fsp3) is 0.211. The molecule has 2 aromatic carbocycles. The Labute approximate surface area is 166 Å². The van der Waals surface area contributed by atoms with Crippen molar-refractivity contribution < 1.29 is 13.9 Å². The molecule has 1 amide bonds. The number of aromatic nitrogens is 2. The number of aryl methyl sites for hydroxylation is 1. The molecule has 0 unspecified atom stereocenters. The van der Waals surface area contributed by atoms with Crippen LogP contribution in [-0.4, -0.2) is 28.5 Å². The zero-order chi connectivity index (χ0) is 19.4. The van der Waals surface area contributed by atoms with Gasteiger partial charge in [-0.3, -0.25) is 4.79 Å². The van der Waals surface area contributed by atoms with E-state index in [4.69, 9.17) is 20.8 Å². The highest BCUT2D eigenvalue weighted by Gasteiger charge is 2.19. The van der Waals surface area contributed by atoms with E-state index < -0.39 is 5.25 Å². The number of nitrogens with zero attached hydrogens (tertiary/aromatic N) is 2. The van der Waals surface area contributed by atoms with Crippen LogP contribution in [0, 0.1) is 6.92 Å². The van der Waals surface area contributed by atoms with Crippen molar-refractivity contribution in [2.75, 3.05) is 12.4 Å². The van der Waals surface area contributed by atoms with Gasteiger partial charge in [0, 0.05) is 11.3 Å². The number of nitrogens with one attached hydrogen (secondary N) is 1. The van der Waals surface area contributed by atoms with Gasteiger partial charge < -0.3 is 14.5 Å². The minimum Gasteiger partial charge on any atom is -0.495 e. The number of halogens is 1. The minimum atomic E-state index is -0.434. The van der Waals surface area contributed by atoms with E-state index in [2.05, 4.69) is 15.5 Å². The Morgan fingerprint density at radius 3 is 2.78 bits per heavy atom. The first kappa shape index (κ1) is 19.3. The highest BCUT2D eigenvalue weighted by molar-refractivity contribution is 8.00. The summed E-state index contributed by atoms with van der Waals surface area (Å²) in [4.78, 5) is 12.4. The van der Waals surface area contributed by atoms with Crippen molar-refractivity contribution in [2.45, 2.75) is 24.3 Å². The van der Waals surface area contributed by atoms with Crippen molar-refractivity contribution in [2.24, 2.45) is 0 Å². The third-order valence-electron chi connectivity index (χ3n) is 3.74. The number of hydrogen-bond acceptors (Lipinski definition) is 6. The Balaban J connectivity index is 1.64. The van der Waals surface area contributed by atoms with E-state index in [0.29, 0.717) is 27.6 Å². The maximum Gasteiger partial charge on any atom is 0.277 e. The van der Waals surface area contributed by atoms with Crippen LogP contribution in [0.4, 0.5) is 5.69 Å². The van der Waals surface area contributed by atoms with Crippen LogP contribution in [0.2, 0.25) is 5.02 Å². The summed E-state index contributed by atoms with van der Waals surface area (Å²) in [5.41, 5.74) is 2.54. The van der Waals surface area contributed by atoms with Gasteiger partial charge in [0.15, 0.2) is 0 Å². The number of anilines is 1. The zero-order valence-electron chi connectivity index (χ0n) is 15.0. The van der Waals surface area contributed by atoms with E-state index in [1.54, 1.807) is 25.1 Å². The molecular weight excluding hydrogens is 386 g/mol. The lowest BCUT2D eigenvalue weighted by molar-refractivity contribution is -0.115. The van der Waals surface area contributed by atoms with Crippen molar-refractivity contribution in [1.82, 2.24) is 10.2 Å². The van der Waals surface area contributed by atoms with Crippen LogP contribution in [0.15, 0.2) is 52.1 Å². The van der Waals surface area contributed by atoms with Gasteiger partial charge >= 0.3 is 0 Å². The fourth-order valence-electron chi connectivity index (χ4n) is 2.34. The predicted molar refractivity (Wildman–Crippen MR) is 106 cm³/mol. The van der Waals surface area contributed by atoms with E-state index in [-0.39, 0.29) is 5.91 Å². The second-order valence-electron chi connectivity index (χ2n) is 5.84. The van der Waals surface area contributed by atoms with Gasteiger partial charge in [-0.05, 0) is 44.2 Å². The Kier molecular flexibility index (Phi) is 6.03. The predicted octanol–water partition coefficient (Wildman–Crippen LogP) is 4.83. The van der Waals surface area contributed by atoms with Gasteiger partial charge in [-0.25, -0.2) is 0 Å². The average Bonchev–Trinajstić information content (AvgIpc) is 3.10. The van der Waals surface area contributed by atoms with Crippen molar-refractivity contribution in [3.63, 3.8) is 0 Å². The lowest BCUT2D eigenvalue weighted by Gasteiger charge is -2.11. The zero-order valence-corrected chi connectivity index (χ0v) is 16.6. The lowest BCUT2D eigenvalue weighted by atomic mass is 10.1. The van der Waals surface area contributed by atoms with Gasteiger partial charge in [0.2, 0.25) is 11.8 Å². The molecule has 140 valence electrons. The topological polar surface area (TPSA) is 77.2 Å². The number of hydrogen-bond donors (Lipinski definition) is 1. The molecule has 3 rings (SSSR count). The van der Waals surface area contributed by atoms with Crippen molar-refractivity contribution in [3.05, 3.63) is 53.1 Å². The van der Waals surface area contributed by atoms with Crippen LogP contribution >= 0.6 is 23.4 Å². The molecule has 1 N–H and O–H groups in total. The van der Waals surface area contributed by atoms with Crippen molar-refractivity contribution >= 4 is 35.0 Å². The van der Waals surface area contributed by atoms with Crippen LogP contribution in [0.1, 0.15) is 12.5 Å². The van der Waals surface area contributed by atoms with Crippen LogP contribution in [0.5, 0.6) is 5.75 Å². The highest BCUT2D eigenvalue weighted by atomic mass is 35.5. The summed E-state index contributed by atoms with van der Waals surface area (Å²) in [6.45, 7) is 3.76. The van der Waals surface area contributed by atoms with E-state index in [1.807, 2.05) is 31.2 Å². The molecule has 6 nitrogen and oxygen atoms in total. The minimum absolute atomic E-state index is 0.198. The van der Waals surface area contributed by atoms with Gasteiger partial charge in [0.1, 0.15) is 5.75 Å². The number of amides is 1. The number of methoxy groups -OCH3 is 1. The summed E-state index contributed by atoms with van der Waals surface area (Å²) in [6, 6.07) is 12.8. The molecule has 0 saturated carbocycles. The van der Waals surface area contributed by atoms with Crippen LogP contribution in [0.25, 0.3) is 11.5 Å². The molecule has 1 aromatic heterocycles. The molecule has 8 heteroatoms. The monoisotopic (exact) mass is 403 g/mol. The average molecular weight is 404 g/mol. The van der Waals surface area contributed by atoms with Crippen molar-refractivity contribution in [1.29, 1.82) is 0 Å². The second-order valence-corrected chi connectivity index (χ2v) is 7.54. The van der Waals surface area contributed by atoms with Crippen molar-refractivity contribution in [3.8, 4) is 17.2 Å². The number of rotatable bonds is 6. The molecule has 3 aromatic rings. The van der Waals surface area contributed by atoms with E-state index in [0.717, 1.165) is 11.1 Å². The van der Waals surface area contributed by atoms with Crippen LogP contribution in [-0.2, 0) is 4.79 Å². The first-order valence-corrected chi connectivity index (χ1v) is 9.43. The maximum absolute atomic E-state index is 12.4. The van der Waals surface area contributed by atoms with E-state index in [9.17, 15) is 4.79 Å². The Morgan fingerprint density at radius 2 is 2.07 bits per heavy atom. The third kappa shape index (κ3) is 4.81. The molecule has 0 saturated heterocycles. The van der Waals surface area contributed by atoms with Crippen LogP contribution < -0.4 is 10.1 Å². The maximum atomic E-state index is 12.4. The molecule has 0 bridgehead atoms. The fourth-order valence-corrected chi connectivity index (χ4v) is 3.29. The summed E-state index contributed by atoms with van der Waals surface area (Å²) in [5.74, 6) is 0.777. The SMILES string of the molecule is COc1ccc(NC(=O)[C@@H](C)Sc2nnc(-c3cccc(C)c3)o2)cc1Cl. The molecule has 0 spiro atoms. The Hall–Kier alpha value is -2.51. The Bertz CT molecular complexity index is 961. The molecule has 0 fully saturated rings. The molecule has 0 aliphatic rings. The van der Waals surface area contributed by atoms with Gasteiger partial charge in [0.25, 0.3) is 5.22 Å². The molecule has 1 atom stereocenters. The van der Waals surface area contributed by atoms with Gasteiger partial charge in [-0.1, -0.05) is 41.1 Å². The smallest absolute Gasteiger partial charge is 0.277 e. The number of ether oxygens (including phenoxy) is 1. The van der Waals surface area contributed by atoms with E-state index in [1.165, 1.54) is 18.9 Å². The summed E-state index contributed by atoms with van der Waals surface area (Å²) in [7, 11) is 1.54. The number of carbonyl (C=O) groups excluding carboxylic acids is 1. The Morgan fingerprint density at radius 1 is 1.26 bits per heavy atom. The summed E-state index contributed by atoms with van der Waals surface area (Å²) >= 11 is 7.27. The molecular formula is C19H18ClN3O3S. The quantitative estimate of drug-likeness (QED) is 0.594. The molecule has 0 aliphatic carbocycles. The van der Waals surface area contributed by atoms with Gasteiger partial charge in [0.05, 0.1) is 17.4 Å². The summed E-state index contributed by atoms with van der Waals surface area (Å²) in [5, 5.41) is 11.2. The molecule has 0 radical (unpaired) electrons. The summed E-state index contributed by atoms with van der Waals surface area (Å²) < 4.78 is 10.8. The number of carbonyl (C=O) groups is 1. The van der Waals surface area contributed by atoms with E-state index >= 15 is 0 Å². The number of benzene rings is 2. The number of thioether (sulfide) groups is 1. The largest absolute Gasteiger partial charge is 0.495 e. The molecule has 1 heterocycles. The lowest BCUT2D eigenvalue weighted by Crippen LogP contribution is -2.22. The highest BCUT2D eigenvalue weighted by Crippen LogP contribution is 2.29. The van der Waals surface area contributed by atoms with Gasteiger partial charge in [-0.15, -0.1) is 10.2 Å². The summed E-state index contributed by atoms with van der Waals surface area (Å²) in [6.07, 6.45) is 0. The molecule has 27 heavy (non-hydrogen) atoms. The second kappa shape index (κ2) is 8.45. The third-order valence-corrected chi connectivity index (χ3v) is 4.97. The standard InChI is InChI=1S/C19H18ClN3O3S/c1-11-5-4-6-13(9-11)18-22-23-19(26-18)27-12(2)17(24)21-14-7-8-16(25-3)15(20)10-14/h4-10,12H,1-3H3,(H,21,24)/t12-/m1/s1. The molecule has 0 aliphatic heterocycles. The van der Waals surface area contributed by atoms with Gasteiger partial charge in [-0.2, -0.15) is 0 Å².